The molecule has 158 valence electrons. The summed E-state index contributed by atoms with van der Waals surface area (Å²) in [5.74, 6) is 0.949. The van der Waals surface area contributed by atoms with Crippen molar-refractivity contribution in [3.05, 3.63) is 77.5 Å². The number of Topliss-reactive ketones (excluding diaryl/α,β-unsaturated/α-hetero) is 1. The van der Waals surface area contributed by atoms with Gasteiger partial charge in [0.15, 0.2) is 5.78 Å². The van der Waals surface area contributed by atoms with Gasteiger partial charge in [-0.3, -0.25) is 4.79 Å². The number of rotatable bonds is 4. The first-order chi connectivity index (χ1) is 14.8. The van der Waals surface area contributed by atoms with Gasteiger partial charge in [0.05, 0.1) is 17.4 Å². The van der Waals surface area contributed by atoms with Crippen LogP contribution in [0.2, 0.25) is 0 Å². The number of ether oxygens (including phenoxy) is 1. The fraction of sp³-hybridized carbons (Fsp3) is 0.136. The topological polar surface area (TPSA) is 80.3 Å². The van der Waals surface area contributed by atoms with Gasteiger partial charge in [0, 0.05) is 29.3 Å². The van der Waals surface area contributed by atoms with Crippen LogP contribution in [0.5, 0.6) is 11.6 Å². The van der Waals surface area contributed by atoms with Crippen LogP contribution in [0.4, 0.5) is 29.3 Å². The number of benzene rings is 2. The number of nitrogens with one attached hydrogen (secondary N) is 2. The lowest BCUT2D eigenvalue weighted by molar-refractivity contribution is -0.137. The molecule has 0 unspecified atom stereocenters. The molecule has 2 aromatic carbocycles. The molecule has 0 fully saturated rings. The number of amides is 2. The second-order valence-corrected chi connectivity index (χ2v) is 6.85. The summed E-state index contributed by atoms with van der Waals surface area (Å²) in [5.41, 5.74) is 1.30. The molecule has 1 aromatic heterocycles. The number of aromatic nitrogens is 1. The van der Waals surface area contributed by atoms with E-state index in [9.17, 15) is 22.8 Å². The average molecular weight is 427 g/mol. The predicted molar refractivity (Wildman–Crippen MR) is 107 cm³/mol. The van der Waals surface area contributed by atoms with E-state index in [1.165, 1.54) is 18.3 Å². The Hall–Kier alpha value is -3.88. The van der Waals surface area contributed by atoms with Crippen LogP contribution in [0.3, 0.4) is 0 Å². The highest BCUT2D eigenvalue weighted by Crippen LogP contribution is 2.33. The smallest absolute Gasteiger partial charge is 0.416 e. The maximum Gasteiger partial charge on any atom is 0.416 e. The van der Waals surface area contributed by atoms with Crippen molar-refractivity contribution in [1.29, 1.82) is 0 Å². The highest BCUT2D eigenvalue weighted by atomic mass is 19.4. The van der Waals surface area contributed by atoms with Crippen LogP contribution in [-0.4, -0.2) is 16.8 Å². The predicted octanol–water partition coefficient (Wildman–Crippen LogP) is 5.67. The van der Waals surface area contributed by atoms with Crippen LogP contribution >= 0.6 is 0 Å². The molecule has 1 aliphatic carbocycles. The number of urea groups is 1. The second kappa shape index (κ2) is 8.10. The number of pyridine rings is 1. The molecule has 4 rings (SSSR count). The zero-order valence-electron chi connectivity index (χ0n) is 16.0. The lowest BCUT2D eigenvalue weighted by atomic mass is 10.1. The van der Waals surface area contributed by atoms with Crippen molar-refractivity contribution in [2.75, 3.05) is 10.6 Å². The largest absolute Gasteiger partial charge is 0.439 e. The lowest BCUT2D eigenvalue weighted by Crippen LogP contribution is -2.19. The van der Waals surface area contributed by atoms with E-state index in [1.807, 2.05) is 0 Å². The molecule has 9 heteroatoms. The average Bonchev–Trinajstić information content (AvgIpc) is 3.11. The molecule has 2 amide bonds. The van der Waals surface area contributed by atoms with Crippen molar-refractivity contribution in [3.8, 4) is 11.6 Å². The number of halogens is 3. The zero-order valence-corrected chi connectivity index (χ0v) is 16.0. The Balaban J connectivity index is 1.37. The molecular weight excluding hydrogens is 411 g/mol. The van der Waals surface area contributed by atoms with Crippen LogP contribution in [0, 0.1) is 0 Å². The van der Waals surface area contributed by atoms with Crippen LogP contribution in [0.1, 0.15) is 27.9 Å². The summed E-state index contributed by atoms with van der Waals surface area (Å²) < 4.78 is 43.6. The van der Waals surface area contributed by atoms with Crippen molar-refractivity contribution in [1.82, 2.24) is 4.98 Å². The van der Waals surface area contributed by atoms with E-state index in [-0.39, 0.29) is 11.5 Å². The number of hydrogen-bond donors (Lipinski definition) is 2. The van der Waals surface area contributed by atoms with Crippen LogP contribution < -0.4 is 15.4 Å². The fourth-order valence-corrected chi connectivity index (χ4v) is 3.22. The van der Waals surface area contributed by atoms with Gasteiger partial charge < -0.3 is 15.4 Å². The Labute approximate surface area is 175 Å². The molecule has 0 spiro atoms. The molecule has 0 saturated carbocycles. The standard InChI is InChI=1S/C22H16F3N3O3/c23-22(24,25)13-4-6-14(7-5-13)27-21(30)28-15-8-11-20(26-12-15)31-19-3-1-2-16-17(19)9-10-18(16)29/h1-8,11-12H,9-10H2,(H2,27,28,30). The third kappa shape index (κ3) is 4.66. The molecule has 31 heavy (non-hydrogen) atoms. The molecule has 1 aliphatic rings. The Kier molecular flexibility index (Phi) is 5.33. The van der Waals surface area contributed by atoms with E-state index >= 15 is 0 Å². The summed E-state index contributed by atoms with van der Waals surface area (Å²) in [6, 6.07) is 11.9. The number of hydrogen-bond acceptors (Lipinski definition) is 4. The molecule has 0 saturated heterocycles. The normalized spacial score (nSPS) is 12.9. The maximum absolute atomic E-state index is 12.6. The minimum Gasteiger partial charge on any atom is -0.439 e. The fourth-order valence-electron chi connectivity index (χ4n) is 3.22. The summed E-state index contributed by atoms with van der Waals surface area (Å²) in [7, 11) is 0. The van der Waals surface area contributed by atoms with E-state index < -0.39 is 17.8 Å². The SMILES string of the molecule is O=C(Nc1ccc(C(F)(F)F)cc1)Nc1ccc(Oc2cccc3c2CCC3=O)nc1. The molecular formula is C22H16F3N3O3. The van der Waals surface area contributed by atoms with Crippen molar-refractivity contribution in [2.45, 2.75) is 19.0 Å². The van der Waals surface area contributed by atoms with Gasteiger partial charge in [-0.1, -0.05) is 12.1 Å². The van der Waals surface area contributed by atoms with Gasteiger partial charge in [-0.15, -0.1) is 0 Å². The van der Waals surface area contributed by atoms with E-state index in [2.05, 4.69) is 15.6 Å². The molecule has 0 bridgehead atoms. The monoisotopic (exact) mass is 427 g/mol. The summed E-state index contributed by atoms with van der Waals surface area (Å²) in [6.45, 7) is 0. The minimum absolute atomic E-state index is 0.0898. The summed E-state index contributed by atoms with van der Waals surface area (Å²) in [4.78, 5) is 28.0. The van der Waals surface area contributed by atoms with Crippen molar-refractivity contribution in [2.24, 2.45) is 0 Å². The van der Waals surface area contributed by atoms with Gasteiger partial charge >= 0.3 is 12.2 Å². The lowest BCUT2D eigenvalue weighted by Gasteiger charge is -2.11. The second-order valence-electron chi connectivity index (χ2n) is 6.85. The van der Waals surface area contributed by atoms with Crippen LogP contribution in [0.15, 0.2) is 60.8 Å². The van der Waals surface area contributed by atoms with E-state index in [4.69, 9.17) is 4.74 Å². The van der Waals surface area contributed by atoms with Crippen molar-refractivity contribution < 1.29 is 27.5 Å². The zero-order chi connectivity index (χ0) is 22.0. The Morgan fingerprint density at radius 1 is 0.935 bits per heavy atom. The molecule has 6 nitrogen and oxygen atoms in total. The van der Waals surface area contributed by atoms with Gasteiger partial charge in [0.2, 0.25) is 5.88 Å². The number of carbonyl (C=O) groups is 2. The number of fused-ring (bicyclic) bond motifs is 1. The molecule has 3 aromatic rings. The summed E-state index contributed by atoms with van der Waals surface area (Å²) in [5, 5.41) is 4.99. The number of carbonyl (C=O) groups excluding carboxylic acids is 2. The Morgan fingerprint density at radius 2 is 1.65 bits per heavy atom. The van der Waals surface area contributed by atoms with Gasteiger partial charge in [-0.05, 0) is 42.8 Å². The Bertz CT molecular complexity index is 1130. The third-order valence-electron chi connectivity index (χ3n) is 4.71. The number of alkyl halides is 3. The van der Waals surface area contributed by atoms with Crippen LogP contribution in [0.25, 0.3) is 0 Å². The van der Waals surface area contributed by atoms with Crippen molar-refractivity contribution in [3.63, 3.8) is 0 Å². The molecule has 1 heterocycles. The van der Waals surface area contributed by atoms with E-state index in [0.717, 1.165) is 17.7 Å². The number of nitrogens with zero attached hydrogens (tertiary/aromatic N) is 1. The Morgan fingerprint density at radius 3 is 2.32 bits per heavy atom. The first-order valence-electron chi connectivity index (χ1n) is 9.34. The van der Waals surface area contributed by atoms with Gasteiger partial charge in [-0.2, -0.15) is 13.2 Å². The van der Waals surface area contributed by atoms with Crippen LogP contribution in [-0.2, 0) is 12.6 Å². The molecule has 2 N–H and O–H groups in total. The molecule has 0 radical (unpaired) electrons. The molecule has 0 aliphatic heterocycles. The quantitative estimate of drug-likeness (QED) is 0.563. The third-order valence-corrected chi connectivity index (χ3v) is 4.71. The minimum atomic E-state index is -4.44. The molecule has 0 atom stereocenters. The van der Waals surface area contributed by atoms with Gasteiger partial charge in [0.1, 0.15) is 5.75 Å². The van der Waals surface area contributed by atoms with Gasteiger partial charge in [0.25, 0.3) is 0 Å². The summed E-state index contributed by atoms with van der Waals surface area (Å²) >= 11 is 0. The first kappa shape index (κ1) is 20.4. The first-order valence-corrected chi connectivity index (χ1v) is 9.34. The highest BCUT2D eigenvalue weighted by Gasteiger charge is 2.30. The highest BCUT2D eigenvalue weighted by molar-refractivity contribution is 6.01. The number of ketones is 1. The summed E-state index contributed by atoms with van der Waals surface area (Å²) in [6.07, 6.45) is -1.98. The number of anilines is 2. The van der Waals surface area contributed by atoms with E-state index in [1.54, 1.807) is 30.3 Å². The van der Waals surface area contributed by atoms with Crippen molar-refractivity contribution >= 4 is 23.2 Å². The van der Waals surface area contributed by atoms with E-state index in [0.29, 0.717) is 35.7 Å². The van der Waals surface area contributed by atoms with Gasteiger partial charge in [-0.25, -0.2) is 9.78 Å². The maximum atomic E-state index is 12.6.